The molecular weight excluding hydrogens is 333 g/mol. The van der Waals surface area contributed by atoms with Gasteiger partial charge in [0.1, 0.15) is 5.75 Å². The van der Waals surface area contributed by atoms with Gasteiger partial charge in [-0.1, -0.05) is 55.2 Å². The highest BCUT2D eigenvalue weighted by atomic mass is 35.5. The zero-order valence-electron chi connectivity index (χ0n) is 13.3. The van der Waals surface area contributed by atoms with Gasteiger partial charge in [0.2, 0.25) is 0 Å². The molecule has 3 nitrogen and oxygen atoms in total. The number of carbonyl (C=O) groups excluding carboxylic acids is 1. The van der Waals surface area contributed by atoms with E-state index in [-0.39, 0.29) is 5.91 Å². The molecule has 0 bridgehead atoms. The number of rotatable bonds is 5. The van der Waals surface area contributed by atoms with Gasteiger partial charge in [0, 0.05) is 16.8 Å². The number of ether oxygens (including phenoxy) is 1. The Hall–Kier alpha value is -1.71. The third-order valence-electron chi connectivity index (χ3n) is 3.41. The van der Waals surface area contributed by atoms with Crippen LogP contribution >= 0.6 is 23.2 Å². The van der Waals surface area contributed by atoms with Crippen LogP contribution in [0.1, 0.15) is 32.3 Å². The summed E-state index contributed by atoms with van der Waals surface area (Å²) in [5.74, 6) is 0.457. The van der Waals surface area contributed by atoms with Crippen LogP contribution in [0.25, 0.3) is 0 Å². The average molecular weight is 352 g/mol. The number of anilines is 1. The topological polar surface area (TPSA) is 38.3 Å². The zero-order chi connectivity index (χ0) is 17.0. The molecule has 0 unspecified atom stereocenters. The minimum Gasteiger partial charge on any atom is -0.479 e. The summed E-state index contributed by atoms with van der Waals surface area (Å²) in [6.07, 6.45) is -0.703. The van der Waals surface area contributed by atoms with Gasteiger partial charge in [-0.3, -0.25) is 4.79 Å². The number of benzene rings is 2. The number of hydrogen-bond donors (Lipinski definition) is 1. The molecule has 0 aromatic heterocycles. The summed E-state index contributed by atoms with van der Waals surface area (Å²) in [7, 11) is 0. The van der Waals surface area contributed by atoms with Crippen molar-refractivity contribution in [2.24, 2.45) is 0 Å². The molecule has 0 saturated carbocycles. The first-order valence-electron chi connectivity index (χ1n) is 7.40. The van der Waals surface area contributed by atoms with Crippen molar-refractivity contribution in [3.05, 3.63) is 58.1 Å². The molecule has 122 valence electrons. The lowest BCUT2D eigenvalue weighted by atomic mass is 10.0. The van der Waals surface area contributed by atoms with Gasteiger partial charge in [0.15, 0.2) is 6.10 Å². The summed E-state index contributed by atoms with van der Waals surface area (Å²) in [6.45, 7) is 5.83. The number of carbonyl (C=O) groups is 1. The summed E-state index contributed by atoms with van der Waals surface area (Å²) in [5.41, 5.74) is 1.87. The Morgan fingerprint density at radius 3 is 2.48 bits per heavy atom. The van der Waals surface area contributed by atoms with Gasteiger partial charge < -0.3 is 10.1 Å². The fourth-order valence-corrected chi connectivity index (χ4v) is 2.48. The molecule has 0 radical (unpaired) electrons. The number of halogens is 2. The van der Waals surface area contributed by atoms with Crippen molar-refractivity contribution in [2.45, 2.75) is 32.8 Å². The van der Waals surface area contributed by atoms with Crippen molar-refractivity contribution in [1.82, 2.24) is 0 Å². The molecule has 1 N–H and O–H groups in total. The molecule has 1 amide bonds. The smallest absolute Gasteiger partial charge is 0.265 e. The maximum absolute atomic E-state index is 12.4. The molecule has 2 rings (SSSR count). The van der Waals surface area contributed by atoms with Crippen LogP contribution in [0.4, 0.5) is 5.69 Å². The molecule has 1 atom stereocenters. The van der Waals surface area contributed by atoms with E-state index in [0.717, 1.165) is 11.3 Å². The average Bonchev–Trinajstić information content (AvgIpc) is 2.51. The third-order valence-corrected chi connectivity index (χ3v) is 3.95. The maximum Gasteiger partial charge on any atom is 0.265 e. The summed E-state index contributed by atoms with van der Waals surface area (Å²) >= 11 is 12.0. The third kappa shape index (κ3) is 4.63. The highest BCUT2D eigenvalue weighted by Crippen LogP contribution is 2.29. The lowest BCUT2D eigenvalue weighted by Gasteiger charge is -2.18. The molecule has 2 aromatic carbocycles. The molecule has 0 saturated heterocycles. The van der Waals surface area contributed by atoms with Crippen LogP contribution in [0, 0.1) is 0 Å². The van der Waals surface area contributed by atoms with Crippen LogP contribution < -0.4 is 10.1 Å². The van der Waals surface area contributed by atoms with E-state index < -0.39 is 6.10 Å². The zero-order valence-corrected chi connectivity index (χ0v) is 14.8. The highest BCUT2D eigenvalue weighted by molar-refractivity contribution is 6.34. The maximum atomic E-state index is 12.4. The minimum atomic E-state index is -0.703. The first-order valence-corrected chi connectivity index (χ1v) is 8.15. The molecule has 0 spiro atoms. The lowest BCUT2D eigenvalue weighted by Crippen LogP contribution is -2.30. The van der Waals surface area contributed by atoms with E-state index in [1.807, 2.05) is 24.3 Å². The quantitative estimate of drug-likeness (QED) is 0.769. The highest BCUT2D eigenvalue weighted by Gasteiger charge is 2.18. The van der Waals surface area contributed by atoms with Crippen LogP contribution in [0.15, 0.2) is 42.5 Å². The second-order valence-corrected chi connectivity index (χ2v) is 6.41. The van der Waals surface area contributed by atoms with E-state index in [4.69, 9.17) is 27.9 Å². The lowest BCUT2D eigenvalue weighted by molar-refractivity contribution is -0.122. The Morgan fingerprint density at radius 2 is 1.78 bits per heavy atom. The molecule has 5 heteroatoms. The number of nitrogens with one attached hydrogen (secondary N) is 1. The fourth-order valence-electron chi connectivity index (χ4n) is 2.16. The number of hydrogen-bond acceptors (Lipinski definition) is 2. The van der Waals surface area contributed by atoms with Gasteiger partial charge >= 0.3 is 0 Å². The van der Waals surface area contributed by atoms with Crippen molar-refractivity contribution in [2.75, 3.05) is 5.32 Å². The van der Waals surface area contributed by atoms with E-state index in [0.29, 0.717) is 21.7 Å². The monoisotopic (exact) mass is 351 g/mol. The van der Waals surface area contributed by atoms with Crippen LogP contribution in [0.5, 0.6) is 5.75 Å². The molecular formula is C18H19Cl2NO2. The summed E-state index contributed by atoms with van der Waals surface area (Å²) in [6, 6.07) is 12.6. The van der Waals surface area contributed by atoms with Gasteiger partial charge in [0.05, 0.1) is 5.02 Å². The van der Waals surface area contributed by atoms with Crippen LogP contribution in [0.3, 0.4) is 0 Å². The predicted octanol–water partition coefficient (Wildman–Crippen LogP) is 5.52. The van der Waals surface area contributed by atoms with Crippen molar-refractivity contribution in [3.63, 3.8) is 0 Å². The van der Waals surface area contributed by atoms with Crippen LogP contribution in [0.2, 0.25) is 10.0 Å². The van der Waals surface area contributed by atoms with Crippen molar-refractivity contribution >= 4 is 34.8 Å². The summed E-state index contributed by atoms with van der Waals surface area (Å²) in [4.78, 5) is 12.4. The Labute approximate surface area is 146 Å². The standard InChI is InChI=1S/C18H19Cl2NO2/c1-11(2)14-6-4-5-7-16(14)21-18(22)12(3)23-17-10-13(19)8-9-15(17)20/h4-12H,1-3H3,(H,21,22)/t12-/m1/s1. The van der Waals surface area contributed by atoms with Gasteiger partial charge in [-0.05, 0) is 36.6 Å². The van der Waals surface area contributed by atoms with Crippen molar-refractivity contribution < 1.29 is 9.53 Å². The van der Waals surface area contributed by atoms with Gasteiger partial charge in [-0.2, -0.15) is 0 Å². The molecule has 0 fully saturated rings. The molecule has 0 heterocycles. The van der Waals surface area contributed by atoms with Gasteiger partial charge in [0.25, 0.3) is 5.91 Å². The SMILES string of the molecule is CC(C)c1ccccc1NC(=O)[C@@H](C)Oc1cc(Cl)ccc1Cl. The Kier molecular flexibility index (Phi) is 5.91. The van der Waals surface area contributed by atoms with Crippen molar-refractivity contribution in [1.29, 1.82) is 0 Å². The number of amides is 1. The van der Waals surface area contributed by atoms with E-state index >= 15 is 0 Å². The molecule has 0 aliphatic rings. The van der Waals surface area contributed by atoms with Crippen LogP contribution in [-0.2, 0) is 4.79 Å². The van der Waals surface area contributed by atoms with Crippen molar-refractivity contribution in [3.8, 4) is 5.75 Å². The molecule has 23 heavy (non-hydrogen) atoms. The fraction of sp³-hybridized carbons (Fsp3) is 0.278. The summed E-state index contributed by atoms with van der Waals surface area (Å²) < 4.78 is 5.63. The van der Waals surface area contributed by atoms with E-state index in [2.05, 4.69) is 19.2 Å². The second-order valence-electron chi connectivity index (χ2n) is 5.57. The van der Waals surface area contributed by atoms with Crippen LogP contribution in [-0.4, -0.2) is 12.0 Å². The largest absolute Gasteiger partial charge is 0.479 e. The first-order chi connectivity index (χ1) is 10.9. The first kappa shape index (κ1) is 17.6. The minimum absolute atomic E-state index is 0.242. The van der Waals surface area contributed by atoms with E-state index in [1.54, 1.807) is 25.1 Å². The predicted molar refractivity (Wildman–Crippen MR) is 95.7 cm³/mol. The second kappa shape index (κ2) is 7.71. The molecule has 2 aromatic rings. The van der Waals surface area contributed by atoms with Gasteiger partial charge in [-0.25, -0.2) is 0 Å². The molecule has 0 aliphatic carbocycles. The Morgan fingerprint density at radius 1 is 1.09 bits per heavy atom. The molecule has 0 aliphatic heterocycles. The Bertz CT molecular complexity index is 701. The number of para-hydroxylation sites is 1. The van der Waals surface area contributed by atoms with E-state index in [9.17, 15) is 4.79 Å². The Balaban J connectivity index is 2.10. The normalized spacial score (nSPS) is 12.1. The summed E-state index contributed by atoms with van der Waals surface area (Å²) in [5, 5.41) is 3.82. The van der Waals surface area contributed by atoms with E-state index in [1.165, 1.54) is 0 Å². The van der Waals surface area contributed by atoms with Gasteiger partial charge in [-0.15, -0.1) is 0 Å².